The van der Waals surface area contributed by atoms with Crippen molar-refractivity contribution in [2.45, 2.75) is 25.3 Å². The van der Waals surface area contributed by atoms with Gasteiger partial charge in [0.25, 0.3) is 11.5 Å². The maximum atomic E-state index is 12.4. The van der Waals surface area contributed by atoms with Crippen LogP contribution in [0.1, 0.15) is 29.6 Å². The van der Waals surface area contributed by atoms with Crippen LogP contribution in [0, 0.1) is 5.92 Å². The molecular weight excluding hydrogens is 266 g/mol. The first-order valence-electron chi connectivity index (χ1n) is 7.32. The molecule has 3 rings (SSSR count). The molecule has 0 radical (unpaired) electrons. The van der Waals surface area contributed by atoms with Crippen LogP contribution in [0.15, 0.2) is 35.1 Å². The molecule has 0 aliphatic heterocycles. The number of pyridine rings is 1. The summed E-state index contributed by atoms with van der Waals surface area (Å²) in [6.45, 7) is 0.568. The van der Waals surface area contributed by atoms with Gasteiger partial charge in [-0.3, -0.25) is 9.59 Å². The number of aromatic amines is 1. The maximum Gasteiger partial charge on any atom is 0.261 e. The number of para-hydroxylation sites is 1. The molecule has 1 aliphatic rings. The van der Waals surface area contributed by atoms with E-state index in [-0.39, 0.29) is 23.1 Å². The van der Waals surface area contributed by atoms with Gasteiger partial charge in [-0.25, -0.2) is 0 Å². The van der Waals surface area contributed by atoms with Crippen molar-refractivity contribution in [2.24, 2.45) is 11.7 Å². The lowest BCUT2D eigenvalue weighted by Crippen LogP contribution is -2.41. The standard InChI is InChI=1S/C16H19N3O2/c17-9-11-5-3-7-14(11)19-16(21)12-8-10-4-1-2-6-13(10)18-15(12)20/h1-2,4,6,8,11,14H,3,5,7,9,17H2,(H,18,20)(H,19,21). The van der Waals surface area contributed by atoms with Crippen molar-refractivity contribution in [2.75, 3.05) is 6.54 Å². The average molecular weight is 285 g/mol. The van der Waals surface area contributed by atoms with Crippen LogP contribution in [0.25, 0.3) is 10.9 Å². The Morgan fingerprint density at radius 2 is 2.14 bits per heavy atom. The molecule has 1 aromatic carbocycles. The third kappa shape index (κ3) is 2.69. The predicted molar refractivity (Wildman–Crippen MR) is 82.2 cm³/mol. The highest BCUT2D eigenvalue weighted by molar-refractivity contribution is 5.97. The number of H-pyrrole nitrogens is 1. The van der Waals surface area contributed by atoms with Crippen molar-refractivity contribution >= 4 is 16.8 Å². The minimum Gasteiger partial charge on any atom is -0.349 e. The Morgan fingerprint density at radius 3 is 2.95 bits per heavy atom. The molecule has 5 nitrogen and oxygen atoms in total. The van der Waals surface area contributed by atoms with Gasteiger partial charge in [-0.2, -0.15) is 0 Å². The summed E-state index contributed by atoms with van der Waals surface area (Å²) in [7, 11) is 0. The largest absolute Gasteiger partial charge is 0.349 e. The van der Waals surface area contributed by atoms with Gasteiger partial charge in [0, 0.05) is 11.6 Å². The van der Waals surface area contributed by atoms with Gasteiger partial charge in [-0.15, -0.1) is 0 Å². The Labute approximate surface area is 122 Å². The predicted octanol–water partition coefficient (Wildman–Crippen LogP) is 1.39. The van der Waals surface area contributed by atoms with Crippen LogP contribution in [0.4, 0.5) is 0 Å². The monoisotopic (exact) mass is 285 g/mol. The van der Waals surface area contributed by atoms with E-state index < -0.39 is 0 Å². The summed E-state index contributed by atoms with van der Waals surface area (Å²) in [4.78, 5) is 27.2. The first-order valence-corrected chi connectivity index (χ1v) is 7.32. The molecule has 2 unspecified atom stereocenters. The number of amides is 1. The fraction of sp³-hybridized carbons (Fsp3) is 0.375. The average Bonchev–Trinajstić information content (AvgIpc) is 2.93. The van der Waals surface area contributed by atoms with E-state index >= 15 is 0 Å². The minimum atomic E-state index is -0.353. The highest BCUT2D eigenvalue weighted by atomic mass is 16.2. The van der Waals surface area contributed by atoms with Gasteiger partial charge in [0.05, 0.1) is 0 Å². The Kier molecular flexibility index (Phi) is 3.75. The van der Waals surface area contributed by atoms with Crippen LogP contribution >= 0.6 is 0 Å². The molecule has 2 aromatic rings. The Hall–Kier alpha value is -2.14. The molecule has 1 fully saturated rings. The zero-order valence-electron chi connectivity index (χ0n) is 11.8. The van der Waals surface area contributed by atoms with Crippen LogP contribution in [0.2, 0.25) is 0 Å². The molecule has 1 amide bonds. The zero-order valence-corrected chi connectivity index (χ0v) is 11.8. The topological polar surface area (TPSA) is 88.0 Å². The van der Waals surface area contributed by atoms with E-state index in [1.165, 1.54) is 0 Å². The molecular formula is C16H19N3O2. The number of hydrogen-bond acceptors (Lipinski definition) is 3. The van der Waals surface area contributed by atoms with Gasteiger partial charge >= 0.3 is 0 Å². The lowest BCUT2D eigenvalue weighted by molar-refractivity contribution is 0.0927. The summed E-state index contributed by atoms with van der Waals surface area (Å²) >= 11 is 0. The number of benzene rings is 1. The molecule has 5 heteroatoms. The van der Waals surface area contributed by atoms with Crippen molar-refractivity contribution in [1.82, 2.24) is 10.3 Å². The van der Waals surface area contributed by atoms with Gasteiger partial charge in [-0.05, 0) is 42.8 Å². The van der Waals surface area contributed by atoms with Gasteiger partial charge in [0.1, 0.15) is 5.56 Å². The van der Waals surface area contributed by atoms with Crippen LogP contribution in [-0.2, 0) is 0 Å². The summed E-state index contributed by atoms with van der Waals surface area (Å²) in [5.74, 6) is 0.000779. The molecule has 2 atom stereocenters. The second-order valence-electron chi connectivity index (χ2n) is 5.61. The first kappa shape index (κ1) is 13.8. The van der Waals surface area contributed by atoms with Gasteiger partial charge in [-0.1, -0.05) is 24.6 Å². The fourth-order valence-electron chi connectivity index (χ4n) is 3.07. The second-order valence-corrected chi connectivity index (χ2v) is 5.61. The van der Waals surface area contributed by atoms with E-state index in [0.717, 1.165) is 30.2 Å². The summed E-state index contributed by atoms with van der Waals surface area (Å²) < 4.78 is 0. The van der Waals surface area contributed by atoms with E-state index in [2.05, 4.69) is 10.3 Å². The molecule has 1 aromatic heterocycles. The van der Waals surface area contributed by atoms with Crippen LogP contribution in [0.3, 0.4) is 0 Å². The number of nitrogens with two attached hydrogens (primary N) is 1. The summed E-state index contributed by atoms with van der Waals surface area (Å²) in [6, 6.07) is 9.15. The number of aromatic nitrogens is 1. The highest BCUT2D eigenvalue weighted by Gasteiger charge is 2.28. The highest BCUT2D eigenvalue weighted by Crippen LogP contribution is 2.24. The van der Waals surface area contributed by atoms with E-state index in [0.29, 0.717) is 12.5 Å². The normalized spacial score (nSPS) is 21.6. The van der Waals surface area contributed by atoms with Crippen LogP contribution < -0.4 is 16.6 Å². The third-order valence-electron chi connectivity index (χ3n) is 4.28. The maximum absolute atomic E-state index is 12.4. The van der Waals surface area contributed by atoms with E-state index in [1.807, 2.05) is 24.3 Å². The van der Waals surface area contributed by atoms with Crippen molar-refractivity contribution in [1.29, 1.82) is 0 Å². The number of carbonyl (C=O) groups excluding carboxylic acids is 1. The number of nitrogens with one attached hydrogen (secondary N) is 2. The van der Waals surface area contributed by atoms with Crippen molar-refractivity contribution in [3.8, 4) is 0 Å². The van der Waals surface area contributed by atoms with E-state index in [4.69, 9.17) is 5.73 Å². The van der Waals surface area contributed by atoms with Gasteiger partial charge in [0.15, 0.2) is 0 Å². The van der Waals surface area contributed by atoms with Crippen LogP contribution in [0.5, 0.6) is 0 Å². The molecule has 4 N–H and O–H groups in total. The number of fused-ring (bicyclic) bond motifs is 1. The number of hydrogen-bond donors (Lipinski definition) is 3. The second kappa shape index (κ2) is 5.69. The van der Waals surface area contributed by atoms with Crippen molar-refractivity contribution in [3.05, 3.63) is 46.2 Å². The SMILES string of the molecule is NCC1CCCC1NC(=O)c1cc2ccccc2[nH]c1=O. The van der Waals surface area contributed by atoms with Gasteiger partial charge < -0.3 is 16.0 Å². The summed E-state index contributed by atoms with van der Waals surface area (Å²) in [5.41, 5.74) is 6.27. The van der Waals surface area contributed by atoms with E-state index in [9.17, 15) is 9.59 Å². The zero-order chi connectivity index (χ0) is 14.8. The summed E-state index contributed by atoms with van der Waals surface area (Å²) in [5, 5.41) is 3.81. The Balaban J connectivity index is 1.87. The smallest absolute Gasteiger partial charge is 0.261 e. The number of rotatable bonds is 3. The Morgan fingerprint density at radius 1 is 1.33 bits per heavy atom. The molecule has 0 bridgehead atoms. The van der Waals surface area contributed by atoms with Crippen LogP contribution in [-0.4, -0.2) is 23.5 Å². The molecule has 1 aliphatic carbocycles. The Bertz CT molecular complexity index is 723. The molecule has 0 saturated heterocycles. The summed E-state index contributed by atoms with van der Waals surface area (Å²) in [6.07, 6.45) is 3.04. The molecule has 1 heterocycles. The molecule has 1 saturated carbocycles. The van der Waals surface area contributed by atoms with Crippen molar-refractivity contribution < 1.29 is 4.79 Å². The third-order valence-corrected chi connectivity index (χ3v) is 4.28. The minimum absolute atomic E-state index is 0.0772. The van der Waals surface area contributed by atoms with Gasteiger partial charge in [0.2, 0.25) is 0 Å². The number of carbonyl (C=O) groups is 1. The molecule has 21 heavy (non-hydrogen) atoms. The lowest BCUT2D eigenvalue weighted by atomic mass is 10.0. The van der Waals surface area contributed by atoms with Crippen molar-refractivity contribution in [3.63, 3.8) is 0 Å². The quantitative estimate of drug-likeness (QED) is 0.796. The van der Waals surface area contributed by atoms with E-state index in [1.54, 1.807) is 6.07 Å². The molecule has 110 valence electrons. The first-order chi connectivity index (χ1) is 10.2. The lowest BCUT2D eigenvalue weighted by Gasteiger charge is -2.19. The molecule has 0 spiro atoms. The fourth-order valence-corrected chi connectivity index (χ4v) is 3.07.